The Morgan fingerprint density at radius 2 is 1.53 bits per heavy atom. The fraction of sp³-hybridized carbons (Fsp3) is 1.00. The van der Waals surface area contributed by atoms with Crippen molar-refractivity contribution < 1.29 is 4.74 Å². The maximum absolute atomic E-state index is 5.80. The van der Waals surface area contributed by atoms with Gasteiger partial charge >= 0.3 is 0 Å². The number of hydrogen-bond donors (Lipinski definition) is 1. The molecule has 0 atom stereocenters. The van der Waals surface area contributed by atoms with Gasteiger partial charge in [0.2, 0.25) is 0 Å². The van der Waals surface area contributed by atoms with E-state index < -0.39 is 0 Å². The van der Waals surface area contributed by atoms with Gasteiger partial charge in [0, 0.05) is 18.5 Å². The summed E-state index contributed by atoms with van der Waals surface area (Å²) >= 11 is 0. The third-order valence-electron chi connectivity index (χ3n) is 4.07. The van der Waals surface area contributed by atoms with E-state index >= 15 is 0 Å². The summed E-state index contributed by atoms with van der Waals surface area (Å²) in [6, 6.07) is 0. The molecule has 1 N–H and O–H groups in total. The van der Waals surface area contributed by atoms with Crippen molar-refractivity contribution in [2.75, 3.05) is 26.3 Å². The fourth-order valence-corrected chi connectivity index (χ4v) is 2.83. The first-order valence-corrected chi connectivity index (χ1v) is 5.99. The van der Waals surface area contributed by atoms with Crippen LogP contribution in [0.25, 0.3) is 0 Å². The summed E-state index contributed by atoms with van der Waals surface area (Å²) in [5.41, 5.74) is 0.710. The summed E-state index contributed by atoms with van der Waals surface area (Å²) in [6.45, 7) is 17.7. The van der Waals surface area contributed by atoms with E-state index in [0.717, 1.165) is 26.3 Å². The van der Waals surface area contributed by atoms with Crippen LogP contribution in [0.15, 0.2) is 0 Å². The summed E-state index contributed by atoms with van der Waals surface area (Å²) in [6.07, 6.45) is 0. The van der Waals surface area contributed by atoms with Crippen molar-refractivity contribution in [3.05, 3.63) is 0 Å². The molecule has 0 saturated carbocycles. The molecule has 0 radical (unpaired) electrons. The van der Waals surface area contributed by atoms with E-state index in [1.54, 1.807) is 0 Å². The molecule has 1 rings (SSSR count). The van der Waals surface area contributed by atoms with Crippen molar-refractivity contribution in [2.24, 2.45) is 16.2 Å². The molecule has 1 aliphatic heterocycles. The van der Waals surface area contributed by atoms with Crippen LogP contribution in [0.5, 0.6) is 0 Å². The highest BCUT2D eigenvalue weighted by atomic mass is 16.5. The fourth-order valence-electron chi connectivity index (χ4n) is 2.83. The maximum atomic E-state index is 5.80. The normalized spacial score (nSPS) is 23.6. The zero-order valence-electron chi connectivity index (χ0n) is 11.2. The second kappa shape index (κ2) is 4.06. The molecule has 0 spiro atoms. The van der Waals surface area contributed by atoms with Crippen molar-refractivity contribution in [2.45, 2.75) is 41.5 Å². The lowest BCUT2D eigenvalue weighted by molar-refractivity contribution is -0.0820. The Labute approximate surface area is 94.8 Å². The Hall–Kier alpha value is -0.0800. The molecule has 1 heterocycles. The second-order valence-corrected chi connectivity index (χ2v) is 6.81. The van der Waals surface area contributed by atoms with Gasteiger partial charge in [-0.3, -0.25) is 0 Å². The van der Waals surface area contributed by atoms with Crippen molar-refractivity contribution >= 4 is 0 Å². The van der Waals surface area contributed by atoms with Gasteiger partial charge in [-0.2, -0.15) is 0 Å². The van der Waals surface area contributed by atoms with E-state index in [0.29, 0.717) is 0 Å². The van der Waals surface area contributed by atoms with Crippen LogP contribution in [0.2, 0.25) is 0 Å². The van der Waals surface area contributed by atoms with Crippen LogP contribution in [-0.4, -0.2) is 26.3 Å². The highest BCUT2D eigenvalue weighted by molar-refractivity contribution is 5.00. The average Bonchev–Trinajstić information content (AvgIpc) is 2.25. The van der Waals surface area contributed by atoms with E-state index in [9.17, 15) is 0 Å². The standard InChI is InChI=1S/C13H27NO/c1-11(2,3)13(12(4,5)6)9-14-7-8-15-10-13/h14H,7-10H2,1-6H3. The third-order valence-corrected chi connectivity index (χ3v) is 4.07. The summed E-state index contributed by atoms with van der Waals surface area (Å²) in [4.78, 5) is 0. The van der Waals surface area contributed by atoms with Crippen LogP contribution in [0, 0.1) is 16.2 Å². The van der Waals surface area contributed by atoms with Gasteiger partial charge in [0.15, 0.2) is 0 Å². The van der Waals surface area contributed by atoms with Gasteiger partial charge < -0.3 is 10.1 Å². The van der Waals surface area contributed by atoms with Crippen molar-refractivity contribution in [3.8, 4) is 0 Å². The molecular formula is C13H27NO. The lowest BCUT2D eigenvalue weighted by Crippen LogP contribution is -2.54. The molecular weight excluding hydrogens is 186 g/mol. The lowest BCUT2D eigenvalue weighted by atomic mass is 9.54. The summed E-state index contributed by atoms with van der Waals surface area (Å²) in [5.74, 6) is 0. The average molecular weight is 213 g/mol. The minimum absolute atomic E-state index is 0.205. The molecule has 0 aromatic heterocycles. The Kier molecular flexibility index (Phi) is 3.52. The van der Waals surface area contributed by atoms with Crippen LogP contribution < -0.4 is 5.32 Å². The summed E-state index contributed by atoms with van der Waals surface area (Å²) < 4.78 is 5.80. The SMILES string of the molecule is CC(C)(C)C1(C(C)(C)C)CNCCOC1. The first kappa shape index (κ1) is 13.0. The Morgan fingerprint density at radius 3 is 2.00 bits per heavy atom. The Balaban J connectivity index is 3.05. The van der Waals surface area contributed by atoms with E-state index in [-0.39, 0.29) is 16.2 Å². The molecule has 1 saturated heterocycles. The zero-order chi connectivity index (χ0) is 11.7. The zero-order valence-corrected chi connectivity index (χ0v) is 11.2. The lowest BCUT2D eigenvalue weighted by Gasteiger charge is -2.53. The second-order valence-electron chi connectivity index (χ2n) is 6.81. The summed E-state index contributed by atoms with van der Waals surface area (Å²) in [7, 11) is 0. The Morgan fingerprint density at radius 1 is 1.00 bits per heavy atom. The van der Waals surface area contributed by atoms with Gasteiger partial charge in [0.1, 0.15) is 0 Å². The topological polar surface area (TPSA) is 21.3 Å². The van der Waals surface area contributed by atoms with Gasteiger partial charge in [0.25, 0.3) is 0 Å². The van der Waals surface area contributed by atoms with Crippen molar-refractivity contribution in [1.82, 2.24) is 5.32 Å². The van der Waals surface area contributed by atoms with Crippen LogP contribution in [0.3, 0.4) is 0 Å². The molecule has 15 heavy (non-hydrogen) atoms. The number of rotatable bonds is 0. The molecule has 90 valence electrons. The third kappa shape index (κ3) is 2.36. The van der Waals surface area contributed by atoms with E-state index in [4.69, 9.17) is 4.74 Å². The first-order valence-electron chi connectivity index (χ1n) is 5.99. The quantitative estimate of drug-likeness (QED) is 0.668. The monoisotopic (exact) mass is 213 g/mol. The number of ether oxygens (including phenoxy) is 1. The molecule has 0 unspecified atom stereocenters. The predicted molar refractivity (Wildman–Crippen MR) is 65.0 cm³/mol. The molecule has 2 nitrogen and oxygen atoms in total. The van der Waals surface area contributed by atoms with Gasteiger partial charge in [-0.1, -0.05) is 41.5 Å². The van der Waals surface area contributed by atoms with Gasteiger partial charge in [-0.25, -0.2) is 0 Å². The first-order chi connectivity index (χ1) is 6.71. The van der Waals surface area contributed by atoms with Crippen LogP contribution in [-0.2, 0) is 4.74 Å². The number of nitrogens with one attached hydrogen (secondary N) is 1. The largest absolute Gasteiger partial charge is 0.379 e. The molecule has 1 fully saturated rings. The van der Waals surface area contributed by atoms with Gasteiger partial charge in [-0.15, -0.1) is 0 Å². The molecule has 0 amide bonds. The maximum Gasteiger partial charge on any atom is 0.0591 e. The van der Waals surface area contributed by atoms with E-state index in [1.165, 1.54) is 0 Å². The summed E-state index contributed by atoms with van der Waals surface area (Å²) in [5, 5.41) is 3.53. The van der Waals surface area contributed by atoms with Crippen molar-refractivity contribution in [1.29, 1.82) is 0 Å². The van der Waals surface area contributed by atoms with E-state index in [1.807, 2.05) is 0 Å². The molecule has 0 bridgehead atoms. The molecule has 2 heteroatoms. The molecule has 0 aromatic rings. The highest BCUT2D eigenvalue weighted by Gasteiger charge is 2.50. The molecule has 1 aliphatic rings. The van der Waals surface area contributed by atoms with Crippen molar-refractivity contribution in [3.63, 3.8) is 0 Å². The molecule has 0 aromatic carbocycles. The Bertz CT molecular complexity index is 186. The predicted octanol–water partition coefficient (Wildman–Crippen LogP) is 2.68. The number of hydrogen-bond acceptors (Lipinski definition) is 2. The van der Waals surface area contributed by atoms with Crippen LogP contribution in [0.4, 0.5) is 0 Å². The van der Waals surface area contributed by atoms with Crippen LogP contribution >= 0.6 is 0 Å². The van der Waals surface area contributed by atoms with Gasteiger partial charge in [-0.05, 0) is 10.8 Å². The smallest absolute Gasteiger partial charge is 0.0591 e. The molecule has 0 aliphatic carbocycles. The van der Waals surface area contributed by atoms with Crippen LogP contribution in [0.1, 0.15) is 41.5 Å². The minimum atomic E-state index is 0.205. The highest BCUT2D eigenvalue weighted by Crippen LogP contribution is 2.51. The van der Waals surface area contributed by atoms with E-state index in [2.05, 4.69) is 46.9 Å². The minimum Gasteiger partial charge on any atom is -0.379 e. The van der Waals surface area contributed by atoms with Gasteiger partial charge in [0.05, 0.1) is 13.2 Å².